The van der Waals surface area contributed by atoms with Crippen molar-refractivity contribution in [3.8, 4) is 0 Å². The molecule has 0 aromatic carbocycles. The van der Waals surface area contributed by atoms with E-state index in [4.69, 9.17) is 33.2 Å². The van der Waals surface area contributed by atoms with Gasteiger partial charge in [0.1, 0.15) is 30.5 Å². The highest BCUT2D eigenvalue weighted by atomic mass is 16.7. The number of aliphatic hydroxyl groups is 6. The molecule has 21 atom stereocenters. The molecule has 6 N–H and O–H groups in total. The molecule has 0 aromatic rings. The molecule has 0 amide bonds. The van der Waals surface area contributed by atoms with Crippen molar-refractivity contribution in [2.75, 3.05) is 13.2 Å². The summed E-state index contributed by atoms with van der Waals surface area (Å²) >= 11 is 0. The Hall–Kier alpha value is -1.50. The van der Waals surface area contributed by atoms with Gasteiger partial charge < -0.3 is 63.8 Å². The van der Waals surface area contributed by atoms with Gasteiger partial charge in [0.2, 0.25) is 0 Å². The number of fused-ring (bicyclic) bond motifs is 2. The van der Waals surface area contributed by atoms with E-state index in [9.17, 15) is 40.2 Å². The van der Waals surface area contributed by atoms with E-state index in [1.165, 1.54) is 13.8 Å². The lowest BCUT2D eigenvalue weighted by Crippen LogP contribution is -2.65. The Morgan fingerprint density at radius 2 is 1.46 bits per heavy atom. The van der Waals surface area contributed by atoms with Gasteiger partial charge in [0, 0.05) is 25.7 Å². The van der Waals surface area contributed by atoms with Crippen molar-refractivity contribution in [2.24, 2.45) is 50.7 Å². The fraction of sp³-hybridized carbons (Fsp3) is 0.957. The number of ether oxygens (including phenoxy) is 7. The van der Waals surface area contributed by atoms with Crippen molar-refractivity contribution in [3.05, 3.63) is 0 Å². The zero-order chi connectivity index (χ0) is 44.6. The maximum Gasteiger partial charge on any atom is 0.303 e. The van der Waals surface area contributed by atoms with E-state index in [0.717, 1.165) is 32.1 Å². The summed E-state index contributed by atoms with van der Waals surface area (Å²) < 4.78 is 44.5. The molecule has 15 heteroatoms. The number of rotatable bonds is 9. The Kier molecular flexibility index (Phi) is 11.5. The van der Waals surface area contributed by atoms with Crippen LogP contribution < -0.4 is 0 Å². The first-order chi connectivity index (χ1) is 28.3. The fourth-order valence-electron chi connectivity index (χ4n) is 15.7. The summed E-state index contributed by atoms with van der Waals surface area (Å²) in [5.74, 6) is -1.56. The van der Waals surface area contributed by atoms with E-state index in [1.807, 2.05) is 6.92 Å². The highest BCUT2D eigenvalue weighted by molar-refractivity contribution is 5.67. The van der Waals surface area contributed by atoms with Crippen LogP contribution in [0.1, 0.15) is 127 Å². The zero-order valence-electron chi connectivity index (χ0n) is 37.9. The highest BCUT2D eigenvalue weighted by Crippen LogP contribution is 2.89. The number of carbonyl (C=O) groups excluding carboxylic acids is 2. The molecule has 0 radical (unpaired) electrons. The SMILES string of the molecule is CC(=O)OC1[C@H](OC2CC[C@]34C[C@]35CC[C@]3(C)C(C6(C)CC[C@@H](C(C)(C)O)O6)C(O)C[C@@]3(C)C5C[C@H](O[C@@H]3OC(CO)[C@@H](O)[C@@H](O)C3O)C4C2(C)C)OC[C@@H](C)[C@H]1OC(C)=O. The van der Waals surface area contributed by atoms with Crippen LogP contribution in [0.3, 0.4) is 0 Å². The molecule has 5 saturated carbocycles. The molecule has 3 saturated heterocycles. The van der Waals surface area contributed by atoms with Crippen molar-refractivity contribution in [1.29, 1.82) is 0 Å². The maximum atomic E-state index is 12.4. The van der Waals surface area contributed by atoms with Gasteiger partial charge in [-0.2, -0.15) is 0 Å². The number of esters is 2. The van der Waals surface area contributed by atoms with Crippen LogP contribution in [0.4, 0.5) is 0 Å². The monoisotopic (exact) mass is 867 g/mol. The molecule has 5 aliphatic carbocycles. The van der Waals surface area contributed by atoms with Gasteiger partial charge in [0.05, 0.1) is 48.8 Å². The van der Waals surface area contributed by atoms with E-state index >= 15 is 0 Å². The third kappa shape index (κ3) is 6.90. The first-order valence-electron chi connectivity index (χ1n) is 23.0. The topological polar surface area (TPSA) is 220 Å². The first-order valence-corrected chi connectivity index (χ1v) is 23.0. The molecular formula is C46H74O15. The second kappa shape index (κ2) is 15.3. The first kappa shape index (κ1) is 46.0. The average molecular weight is 867 g/mol. The molecule has 8 rings (SSSR count). The zero-order valence-corrected chi connectivity index (χ0v) is 37.9. The lowest BCUT2D eigenvalue weighted by atomic mass is 9.41. The fourth-order valence-corrected chi connectivity index (χ4v) is 15.7. The number of carbonyl (C=O) groups is 2. The van der Waals surface area contributed by atoms with Crippen molar-refractivity contribution in [3.63, 3.8) is 0 Å². The summed E-state index contributed by atoms with van der Waals surface area (Å²) in [5, 5.41) is 66.4. The van der Waals surface area contributed by atoms with Crippen LogP contribution in [-0.4, -0.2) is 141 Å². The second-order valence-electron chi connectivity index (χ2n) is 22.6. The van der Waals surface area contributed by atoms with Gasteiger partial charge in [-0.15, -0.1) is 0 Å². The van der Waals surface area contributed by atoms with E-state index in [-0.39, 0.29) is 58.0 Å². The normalized spacial score (nSPS) is 53.8. The Bertz CT molecular complexity index is 1680. The van der Waals surface area contributed by atoms with Crippen LogP contribution in [0.25, 0.3) is 0 Å². The van der Waals surface area contributed by atoms with E-state index < -0.39 is 103 Å². The summed E-state index contributed by atoms with van der Waals surface area (Å²) in [6.45, 7) is 18.8. The van der Waals surface area contributed by atoms with Crippen molar-refractivity contribution >= 4 is 11.9 Å². The minimum absolute atomic E-state index is 0.0808. The molecule has 8 aliphatic rings. The van der Waals surface area contributed by atoms with Crippen LogP contribution in [0.5, 0.6) is 0 Å². The third-order valence-electron chi connectivity index (χ3n) is 18.4. The molecule has 61 heavy (non-hydrogen) atoms. The minimum atomic E-state index is -1.61. The van der Waals surface area contributed by atoms with Gasteiger partial charge in [-0.1, -0.05) is 34.6 Å². The summed E-state index contributed by atoms with van der Waals surface area (Å²) in [6.07, 6.45) is -5.15. The molecule has 0 bridgehead atoms. The maximum absolute atomic E-state index is 12.4. The third-order valence-corrected chi connectivity index (χ3v) is 18.4. The molecule has 3 aliphatic heterocycles. The standard InChI is InChI=1S/C46H74O15/c1-22-20-55-39(35(57-24(3)49)34(22)56-23(2)48)60-29-12-14-46-21-45(46)16-15-42(8)36(44(10)13-11-30(61-44)41(6,7)54)25(50)18-43(42,9)28(45)17-26(37(46)40(29,4)5)58-38-33(53)32(52)31(51)27(19-47)59-38/h22,25-39,47,50-54H,11-21H2,1-10H3/t22-,25?,26+,27?,28?,29?,30+,31-,32-,33?,34-,35?,36?,37?,38-,39+,42-,43+,44?,45+,46-/m1/s1. The van der Waals surface area contributed by atoms with Crippen LogP contribution in [0, 0.1) is 50.7 Å². The van der Waals surface area contributed by atoms with Gasteiger partial charge >= 0.3 is 11.9 Å². The Labute approximate surface area is 360 Å². The second-order valence-corrected chi connectivity index (χ2v) is 22.6. The van der Waals surface area contributed by atoms with Crippen LogP contribution in [0.2, 0.25) is 0 Å². The predicted molar refractivity (Wildman–Crippen MR) is 216 cm³/mol. The Morgan fingerprint density at radius 1 is 0.787 bits per heavy atom. The van der Waals surface area contributed by atoms with E-state index in [1.54, 1.807) is 13.8 Å². The van der Waals surface area contributed by atoms with E-state index in [2.05, 4.69) is 34.6 Å². The van der Waals surface area contributed by atoms with Crippen molar-refractivity contribution in [1.82, 2.24) is 0 Å². The number of hydrogen-bond acceptors (Lipinski definition) is 15. The highest BCUT2D eigenvalue weighted by Gasteiger charge is 2.85. The van der Waals surface area contributed by atoms with Crippen molar-refractivity contribution in [2.45, 2.75) is 212 Å². The molecule has 3 heterocycles. The summed E-state index contributed by atoms with van der Waals surface area (Å²) in [7, 11) is 0. The summed E-state index contributed by atoms with van der Waals surface area (Å²) in [4.78, 5) is 24.7. The lowest BCUT2D eigenvalue weighted by molar-refractivity contribution is -0.338. The summed E-state index contributed by atoms with van der Waals surface area (Å²) in [5.41, 5.74) is -3.26. The van der Waals surface area contributed by atoms with Gasteiger partial charge in [-0.05, 0) is 117 Å². The van der Waals surface area contributed by atoms with Gasteiger partial charge in [-0.25, -0.2) is 0 Å². The smallest absolute Gasteiger partial charge is 0.303 e. The minimum Gasteiger partial charge on any atom is -0.458 e. The Balaban J connectivity index is 1.15. The predicted octanol–water partition coefficient (Wildman–Crippen LogP) is 3.14. The molecule has 8 fully saturated rings. The molecule has 2 spiro atoms. The van der Waals surface area contributed by atoms with E-state index in [0.29, 0.717) is 25.7 Å². The molecular weight excluding hydrogens is 792 g/mol. The molecule has 15 nitrogen and oxygen atoms in total. The van der Waals surface area contributed by atoms with Crippen molar-refractivity contribution < 1.29 is 73.4 Å². The summed E-state index contributed by atoms with van der Waals surface area (Å²) in [6, 6.07) is 0. The number of hydrogen-bond donors (Lipinski definition) is 6. The molecule has 0 aromatic heterocycles. The van der Waals surface area contributed by atoms with Gasteiger partial charge in [0.15, 0.2) is 18.7 Å². The lowest BCUT2D eigenvalue weighted by Gasteiger charge is -2.65. The largest absolute Gasteiger partial charge is 0.458 e. The van der Waals surface area contributed by atoms with Gasteiger partial charge in [0.25, 0.3) is 0 Å². The van der Waals surface area contributed by atoms with Crippen LogP contribution >= 0.6 is 0 Å². The van der Waals surface area contributed by atoms with Crippen LogP contribution in [0.15, 0.2) is 0 Å². The molecule has 348 valence electrons. The van der Waals surface area contributed by atoms with Crippen LogP contribution in [-0.2, 0) is 42.7 Å². The average Bonchev–Trinajstić information content (AvgIpc) is 3.52. The number of aliphatic hydroxyl groups excluding tert-OH is 5. The Morgan fingerprint density at radius 3 is 2.08 bits per heavy atom. The molecule has 9 unspecified atom stereocenters. The quantitative estimate of drug-likeness (QED) is 0.145. The van der Waals surface area contributed by atoms with Gasteiger partial charge in [-0.3, -0.25) is 9.59 Å².